The van der Waals surface area contributed by atoms with Crippen molar-refractivity contribution in [2.75, 3.05) is 13.2 Å². The van der Waals surface area contributed by atoms with Crippen LogP contribution in [0, 0.1) is 0 Å². The van der Waals surface area contributed by atoms with Gasteiger partial charge in [-0.25, -0.2) is 4.99 Å². The van der Waals surface area contributed by atoms with Gasteiger partial charge in [-0.1, -0.05) is 18.2 Å². The molecule has 0 saturated heterocycles. The highest BCUT2D eigenvalue weighted by molar-refractivity contribution is 14.0. The number of para-hydroxylation sites is 1. The van der Waals surface area contributed by atoms with E-state index in [1.165, 1.54) is 0 Å². The first-order valence-corrected chi connectivity index (χ1v) is 7.14. The van der Waals surface area contributed by atoms with Crippen LogP contribution in [0.25, 0.3) is 0 Å². The molecule has 0 radical (unpaired) electrons. The van der Waals surface area contributed by atoms with E-state index in [-0.39, 0.29) is 54.5 Å². The number of ether oxygens (including phenoxy) is 1. The molecule has 4 N–H and O–H groups in total. The fraction of sp³-hybridized carbons (Fsp3) is 0.467. The summed E-state index contributed by atoms with van der Waals surface area (Å²) in [6, 6.07) is 8.01. The molecular formula is C15H23IN4O2. The lowest BCUT2D eigenvalue weighted by Gasteiger charge is -2.26. The molecule has 22 heavy (non-hydrogen) atoms. The van der Waals surface area contributed by atoms with E-state index in [1.54, 1.807) is 0 Å². The highest BCUT2D eigenvalue weighted by atomic mass is 127. The van der Waals surface area contributed by atoms with Crippen LogP contribution < -0.4 is 21.1 Å². The van der Waals surface area contributed by atoms with Crippen molar-refractivity contribution in [2.45, 2.75) is 32.4 Å². The Labute approximate surface area is 147 Å². The minimum Gasteiger partial charge on any atom is -0.493 e. The SMILES string of the molecule is CC(C)NC(=O)CN=C(N)NC1CCOc2ccccc21.I. The number of halogens is 1. The minimum absolute atomic E-state index is 0. The van der Waals surface area contributed by atoms with Crippen molar-refractivity contribution in [3.63, 3.8) is 0 Å². The molecule has 0 bridgehead atoms. The number of aliphatic imine (C=N–C) groups is 1. The largest absolute Gasteiger partial charge is 0.493 e. The Morgan fingerprint density at radius 3 is 2.91 bits per heavy atom. The summed E-state index contributed by atoms with van der Waals surface area (Å²) in [5, 5.41) is 5.92. The lowest BCUT2D eigenvalue weighted by Crippen LogP contribution is -2.39. The molecule has 0 aromatic heterocycles. The Bertz CT molecular complexity index is 534. The Kier molecular flexibility index (Phi) is 7.43. The molecule has 1 aliphatic rings. The average molecular weight is 418 g/mol. The summed E-state index contributed by atoms with van der Waals surface area (Å²) in [6.45, 7) is 4.47. The van der Waals surface area contributed by atoms with Crippen LogP contribution in [0.5, 0.6) is 5.75 Å². The number of benzene rings is 1. The second-order valence-corrected chi connectivity index (χ2v) is 5.30. The van der Waals surface area contributed by atoms with Crippen LogP contribution in [0.4, 0.5) is 0 Å². The normalized spacial score (nSPS) is 17.0. The van der Waals surface area contributed by atoms with Crippen LogP contribution >= 0.6 is 24.0 Å². The summed E-state index contributed by atoms with van der Waals surface area (Å²) in [6.07, 6.45) is 0.811. The molecule has 1 heterocycles. The molecule has 0 spiro atoms. The van der Waals surface area contributed by atoms with Crippen molar-refractivity contribution in [3.8, 4) is 5.75 Å². The molecule has 0 aliphatic carbocycles. The van der Waals surface area contributed by atoms with E-state index in [0.29, 0.717) is 6.61 Å². The third kappa shape index (κ3) is 5.36. The predicted octanol–water partition coefficient (Wildman–Crippen LogP) is 1.56. The molecule has 7 heteroatoms. The Hall–Kier alpha value is -1.51. The van der Waals surface area contributed by atoms with E-state index in [0.717, 1.165) is 17.7 Å². The van der Waals surface area contributed by atoms with Gasteiger partial charge in [0.2, 0.25) is 5.91 Å². The molecule has 1 aromatic rings. The maximum Gasteiger partial charge on any atom is 0.242 e. The molecule has 0 saturated carbocycles. The summed E-state index contributed by atoms with van der Waals surface area (Å²) >= 11 is 0. The lowest BCUT2D eigenvalue weighted by atomic mass is 10.0. The van der Waals surface area contributed by atoms with Gasteiger partial charge in [0.15, 0.2) is 5.96 Å². The molecule has 0 fully saturated rings. The van der Waals surface area contributed by atoms with E-state index in [1.807, 2.05) is 38.1 Å². The first kappa shape index (κ1) is 18.5. The number of nitrogens with one attached hydrogen (secondary N) is 2. The van der Waals surface area contributed by atoms with Crippen molar-refractivity contribution in [1.29, 1.82) is 0 Å². The van der Waals surface area contributed by atoms with Gasteiger partial charge in [-0.3, -0.25) is 4.79 Å². The number of hydrogen-bond donors (Lipinski definition) is 3. The zero-order valence-corrected chi connectivity index (χ0v) is 15.2. The summed E-state index contributed by atoms with van der Waals surface area (Å²) in [5.41, 5.74) is 6.92. The van der Waals surface area contributed by atoms with E-state index in [4.69, 9.17) is 10.5 Å². The molecule has 6 nitrogen and oxygen atoms in total. The van der Waals surface area contributed by atoms with E-state index >= 15 is 0 Å². The fourth-order valence-electron chi connectivity index (χ4n) is 2.24. The summed E-state index contributed by atoms with van der Waals surface area (Å²) < 4.78 is 5.59. The summed E-state index contributed by atoms with van der Waals surface area (Å²) in [5.74, 6) is 1.00. The van der Waals surface area contributed by atoms with Crippen LogP contribution in [-0.2, 0) is 4.79 Å². The second-order valence-electron chi connectivity index (χ2n) is 5.30. The topological polar surface area (TPSA) is 88.7 Å². The Morgan fingerprint density at radius 2 is 2.18 bits per heavy atom. The van der Waals surface area contributed by atoms with Crippen molar-refractivity contribution in [2.24, 2.45) is 10.7 Å². The average Bonchev–Trinajstić information content (AvgIpc) is 2.45. The van der Waals surface area contributed by atoms with Crippen molar-refractivity contribution < 1.29 is 9.53 Å². The maximum atomic E-state index is 11.5. The number of hydrogen-bond acceptors (Lipinski definition) is 3. The smallest absolute Gasteiger partial charge is 0.242 e. The van der Waals surface area contributed by atoms with E-state index < -0.39 is 0 Å². The summed E-state index contributed by atoms with van der Waals surface area (Å²) in [4.78, 5) is 15.6. The Balaban J connectivity index is 0.00000242. The molecule has 122 valence electrons. The summed E-state index contributed by atoms with van der Waals surface area (Å²) in [7, 11) is 0. The molecule has 1 atom stereocenters. The van der Waals surface area contributed by atoms with Crippen LogP contribution in [0.2, 0.25) is 0 Å². The first-order chi connectivity index (χ1) is 10.1. The minimum atomic E-state index is -0.137. The molecule has 1 aliphatic heterocycles. The highest BCUT2D eigenvalue weighted by Gasteiger charge is 2.21. The number of carbonyl (C=O) groups is 1. The zero-order chi connectivity index (χ0) is 15.2. The predicted molar refractivity (Wildman–Crippen MR) is 97.6 cm³/mol. The van der Waals surface area contributed by atoms with E-state index in [2.05, 4.69) is 15.6 Å². The number of carbonyl (C=O) groups excluding carboxylic acids is 1. The number of rotatable bonds is 4. The zero-order valence-electron chi connectivity index (χ0n) is 12.8. The number of amides is 1. The number of fused-ring (bicyclic) bond motifs is 1. The first-order valence-electron chi connectivity index (χ1n) is 7.14. The molecule has 1 amide bonds. The van der Waals surface area contributed by atoms with Gasteiger partial charge in [0.1, 0.15) is 12.3 Å². The monoisotopic (exact) mass is 418 g/mol. The van der Waals surface area contributed by atoms with Crippen LogP contribution in [0.1, 0.15) is 31.9 Å². The van der Waals surface area contributed by atoms with Crippen molar-refractivity contribution in [3.05, 3.63) is 29.8 Å². The highest BCUT2D eigenvalue weighted by Crippen LogP contribution is 2.31. The van der Waals surface area contributed by atoms with Gasteiger partial charge in [-0.15, -0.1) is 24.0 Å². The van der Waals surface area contributed by atoms with Crippen molar-refractivity contribution in [1.82, 2.24) is 10.6 Å². The lowest BCUT2D eigenvalue weighted by molar-refractivity contribution is -0.120. The van der Waals surface area contributed by atoms with Gasteiger partial charge in [0.25, 0.3) is 0 Å². The van der Waals surface area contributed by atoms with Gasteiger partial charge >= 0.3 is 0 Å². The second kappa shape index (κ2) is 8.82. The quantitative estimate of drug-likeness (QED) is 0.394. The van der Waals surface area contributed by atoms with Crippen LogP contribution in [0.3, 0.4) is 0 Å². The van der Waals surface area contributed by atoms with E-state index in [9.17, 15) is 4.79 Å². The molecular weight excluding hydrogens is 395 g/mol. The van der Waals surface area contributed by atoms with Crippen LogP contribution in [-0.4, -0.2) is 31.1 Å². The fourth-order valence-corrected chi connectivity index (χ4v) is 2.24. The van der Waals surface area contributed by atoms with Gasteiger partial charge in [0, 0.05) is 18.0 Å². The van der Waals surface area contributed by atoms with Gasteiger partial charge in [0.05, 0.1) is 12.6 Å². The number of nitrogens with two attached hydrogens (primary N) is 1. The van der Waals surface area contributed by atoms with Gasteiger partial charge < -0.3 is 21.1 Å². The van der Waals surface area contributed by atoms with Gasteiger partial charge in [-0.2, -0.15) is 0 Å². The third-order valence-electron chi connectivity index (χ3n) is 3.12. The number of nitrogens with zero attached hydrogens (tertiary/aromatic N) is 1. The van der Waals surface area contributed by atoms with Crippen molar-refractivity contribution >= 4 is 35.8 Å². The standard InChI is InChI=1S/C15H22N4O2.HI/c1-10(2)18-14(20)9-17-15(16)19-12-7-8-21-13-6-4-3-5-11(12)13;/h3-6,10,12H,7-9H2,1-2H3,(H,18,20)(H3,16,17,19);1H. The number of guanidine groups is 1. The molecule has 1 unspecified atom stereocenters. The Morgan fingerprint density at radius 1 is 1.45 bits per heavy atom. The molecule has 1 aromatic carbocycles. The maximum absolute atomic E-state index is 11.5. The van der Waals surface area contributed by atoms with Gasteiger partial charge in [-0.05, 0) is 19.9 Å². The third-order valence-corrected chi connectivity index (χ3v) is 3.12. The molecule has 2 rings (SSSR count). The van der Waals surface area contributed by atoms with Crippen LogP contribution in [0.15, 0.2) is 29.3 Å².